The van der Waals surface area contributed by atoms with Gasteiger partial charge in [0.05, 0.1) is 11.4 Å². The lowest BCUT2D eigenvalue weighted by atomic mass is 9.93. The van der Waals surface area contributed by atoms with Crippen LogP contribution in [0.1, 0.15) is 0 Å². The summed E-state index contributed by atoms with van der Waals surface area (Å²) in [5.41, 5.74) is 10.0. The van der Waals surface area contributed by atoms with Crippen molar-refractivity contribution >= 4 is 71.3 Å². The van der Waals surface area contributed by atoms with E-state index in [9.17, 15) is 0 Å². The van der Waals surface area contributed by atoms with Crippen molar-refractivity contribution in [2.24, 2.45) is 0 Å². The van der Waals surface area contributed by atoms with Crippen molar-refractivity contribution in [2.45, 2.75) is 0 Å². The first kappa shape index (κ1) is 28.4. The Labute approximate surface area is 290 Å². The third-order valence-electron chi connectivity index (χ3n) is 10.0. The van der Waals surface area contributed by atoms with Crippen LogP contribution < -0.4 is 4.90 Å². The Kier molecular flexibility index (Phi) is 6.53. The number of para-hydroxylation sites is 2. The molecule has 0 saturated carbocycles. The van der Waals surface area contributed by atoms with Gasteiger partial charge in [-0.2, -0.15) is 0 Å². The maximum Gasteiger partial charge on any atom is 0.135 e. The van der Waals surface area contributed by atoms with Crippen LogP contribution in [-0.4, -0.2) is 0 Å². The zero-order valence-corrected chi connectivity index (χ0v) is 27.3. The number of rotatable bonds is 5. The fourth-order valence-electron chi connectivity index (χ4n) is 7.70. The Morgan fingerprint density at radius 1 is 0.320 bits per heavy atom. The highest BCUT2D eigenvalue weighted by atomic mass is 16.3. The molecule has 10 aromatic rings. The van der Waals surface area contributed by atoms with Gasteiger partial charge >= 0.3 is 0 Å². The van der Waals surface area contributed by atoms with Gasteiger partial charge < -0.3 is 9.32 Å². The number of benzene rings is 9. The lowest BCUT2D eigenvalue weighted by Crippen LogP contribution is -2.11. The van der Waals surface area contributed by atoms with Gasteiger partial charge in [-0.05, 0) is 92.3 Å². The number of furan rings is 1. The Bertz CT molecular complexity index is 2880. The first-order valence-corrected chi connectivity index (χ1v) is 17.1. The van der Waals surface area contributed by atoms with Gasteiger partial charge in [0.15, 0.2) is 0 Å². The molecule has 0 atom stereocenters. The Balaban J connectivity index is 1.18. The predicted molar refractivity (Wildman–Crippen MR) is 212 cm³/mol. The van der Waals surface area contributed by atoms with Crippen LogP contribution in [0.4, 0.5) is 17.1 Å². The molecule has 9 aromatic carbocycles. The van der Waals surface area contributed by atoms with E-state index in [-0.39, 0.29) is 0 Å². The van der Waals surface area contributed by atoms with Crippen molar-refractivity contribution in [3.05, 3.63) is 188 Å². The van der Waals surface area contributed by atoms with Gasteiger partial charge in [-0.15, -0.1) is 0 Å². The summed E-state index contributed by atoms with van der Waals surface area (Å²) < 4.78 is 6.16. The van der Waals surface area contributed by atoms with Gasteiger partial charge in [-0.1, -0.05) is 140 Å². The van der Waals surface area contributed by atoms with Gasteiger partial charge in [0.2, 0.25) is 0 Å². The summed E-state index contributed by atoms with van der Waals surface area (Å²) in [6, 6.07) is 67.6. The maximum absolute atomic E-state index is 6.16. The van der Waals surface area contributed by atoms with Crippen LogP contribution in [0.2, 0.25) is 0 Å². The van der Waals surface area contributed by atoms with E-state index in [1.165, 1.54) is 54.6 Å². The van der Waals surface area contributed by atoms with E-state index < -0.39 is 0 Å². The van der Waals surface area contributed by atoms with Crippen LogP contribution in [0.5, 0.6) is 0 Å². The van der Waals surface area contributed by atoms with Crippen molar-refractivity contribution in [3.8, 4) is 22.3 Å². The summed E-state index contributed by atoms with van der Waals surface area (Å²) >= 11 is 0. The molecule has 0 aliphatic rings. The minimum Gasteiger partial charge on any atom is -0.456 e. The van der Waals surface area contributed by atoms with E-state index in [4.69, 9.17) is 4.42 Å². The normalized spacial score (nSPS) is 11.6. The monoisotopic (exact) mass is 637 g/mol. The molecule has 2 heteroatoms. The molecule has 0 aliphatic heterocycles. The van der Waals surface area contributed by atoms with Crippen LogP contribution >= 0.6 is 0 Å². The molecular formula is C48H31NO. The molecule has 2 nitrogen and oxygen atoms in total. The van der Waals surface area contributed by atoms with E-state index in [2.05, 4.69) is 181 Å². The van der Waals surface area contributed by atoms with Crippen LogP contribution in [0.25, 0.3) is 76.5 Å². The average Bonchev–Trinajstić information content (AvgIpc) is 3.56. The van der Waals surface area contributed by atoms with Crippen LogP contribution in [0.15, 0.2) is 192 Å². The quantitative estimate of drug-likeness (QED) is 0.187. The fourth-order valence-corrected chi connectivity index (χ4v) is 7.70. The standard InChI is InChI=1S/C48H31NO/c1-2-14-36(15-3-1)49(45-27-25-37(39-16-6-8-18-41(39)45)34-23-22-32-12-4-5-13-33(32)30-34)46-28-26-38(40-17-7-9-19-42(40)46)35-24-29-48-44(31-35)43-20-10-11-21-47(43)50-48/h1-31H. The van der Waals surface area contributed by atoms with E-state index in [1.807, 2.05) is 12.1 Å². The van der Waals surface area contributed by atoms with Crippen LogP contribution in [-0.2, 0) is 0 Å². The molecule has 1 heterocycles. The van der Waals surface area contributed by atoms with Crippen molar-refractivity contribution in [1.29, 1.82) is 0 Å². The summed E-state index contributed by atoms with van der Waals surface area (Å²) in [7, 11) is 0. The van der Waals surface area contributed by atoms with Crippen LogP contribution in [0.3, 0.4) is 0 Å². The highest BCUT2D eigenvalue weighted by Gasteiger charge is 2.20. The first-order chi connectivity index (χ1) is 24.8. The van der Waals surface area contributed by atoms with Gasteiger partial charge in [0.25, 0.3) is 0 Å². The Morgan fingerprint density at radius 2 is 0.840 bits per heavy atom. The predicted octanol–water partition coefficient (Wildman–Crippen LogP) is 13.8. The number of hydrogen-bond donors (Lipinski definition) is 0. The highest BCUT2D eigenvalue weighted by Crippen LogP contribution is 2.46. The molecule has 50 heavy (non-hydrogen) atoms. The van der Waals surface area contributed by atoms with Gasteiger partial charge in [0.1, 0.15) is 11.2 Å². The molecular weight excluding hydrogens is 607 g/mol. The lowest BCUT2D eigenvalue weighted by Gasteiger charge is -2.29. The molecule has 0 saturated heterocycles. The molecule has 10 rings (SSSR count). The minimum atomic E-state index is 0.908. The molecule has 0 N–H and O–H groups in total. The molecule has 1 aromatic heterocycles. The topological polar surface area (TPSA) is 16.4 Å². The second kappa shape index (κ2) is 11.5. The Morgan fingerprint density at radius 3 is 1.54 bits per heavy atom. The molecule has 0 radical (unpaired) electrons. The zero-order valence-electron chi connectivity index (χ0n) is 27.3. The molecule has 0 unspecified atom stereocenters. The molecule has 0 bridgehead atoms. The molecule has 0 fully saturated rings. The maximum atomic E-state index is 6.16. The second-order valence-electron chi connectivity index (χ2n) is 12.9. The average molecular weight is 638 g/mol. The second-order valence-corrected chi connectivity index (χ2v) is 12.9. The molecule has 234 valence electrons. The van der Waals surface area contributed by atoms with E-state index in [0.29, 0.717) is 0 Å². The minimum absolute atomic E-state index is 0.908. The fraction of sp³-hybridized carbons (Fsp3) is 0. The largest absolute Gasteiger partial charge is 0.456 e. The van der Waals surface area contributed by atoms with Gasteiger partial charge in [0, 0.05) is 27.2 Å². The summed E-state index contributed by atoms with van der Waals surface area (Å²) in [5, 5.41) is 9.59. The van der Waals surface area contributed by atoms with E-state index in [0.717, 1.165) is 39.0 Å². The summed E-state index contributed by atoms with van der Waals surface area (Å²) in [4.78, 5) is 2.42. The first-order valence-electron chi connectivity index (χ1n) is 17.1. The van der Waals surface area contributed by atoms with Gasteiger partial charge in [-0.3, -0.25) is 0 Å². The lowest BCUT2D eigenvalue weighted by molar-refractivity contribution is 0.669. The third-order valence-corrected chi connectivity index (χ3v) is 10.0. The number of hydrogen-bond acceptors (Lipinski definition) is 2. The Hall–Kier alpha value is -6.64. The van der Waals surface area contributed by atoms with Crippen molar-refractivity contribution in [1.82, 2.24) is 0 Å². The molecule has 0 spiro atoms. The SMILES string of the molecule is c1ccc(N(c2ccc(-c3ccc4ccccc4c3)c3ccccc23)c2ccc(-c3ccc4oc5ccccc5c4c3)c3ccccc23)cc1. The number of fused-ring (bicyclic) bond motifs is 6. The van der Waals surface area contributed by atoms with Crippen molar-refractivity contribution < 1.29 is 4.42 Å². The highest BCUT2D eigenvalue weighted by molar-refractivity contribution is 6.12. The number of nitrogens with zero attached hydrogens (tertiary/aromatic N) is 1. The van der Waals surface area contributed by atoms with Crippen LogP contribution in [0, 0.1) is 0 Å². The van der Waals surface area contributed by atoms with Gasteiger partial charge in [-0.25, -0.2) is 0 Å². The summed E-state index contributed by atoms with van der Waals surface area (Å²) in [5.74, 6) is 0. The third kappa shape index (κ3) is 4.57. The van der Waals surface area contributed by atoms with E-state index in [1.54, 1.807) is 0 Å². The van der Waals surface area contributed by atoms with E-state index >= 15 is 0 Å². The van der Waals surface area contributed by atoms with Crippen molar-refractivity contribution in [3.63, 3.8) is 0 Å². The smallest absolute Gasteiger partial charge is 0.135 e. The summed E-state index contributed by atoms with van der Waals surface area (Å²) in [6.07, 6.45) is 0. The van der Waals surface area contributed by atoms with Crippen molar-refractivity contribution in [2.75, 3.05) is 4.90 Å². The number of anilines is 3. The molecule has 0 aliphatic carbocycles. The summed E-state index contributed by atoms with van der Waals surface area (Å²) in [6.45, 7) is 0. The molecule has 0 amide bonds. The zero-order chi connectivity index (χ0) is 33.0.